The highest BCUT2D eigenvalue weighted by atomic mass is 19.4. The van der Waals surface area contributed by atoms with Crippen molar-refractivity contribution in [3.8, 4) is 0 Å². The first-order chi connectivity index (χ1) is 11.7. The van der Waals surface area contributed by atoms with Crippen LogP contribution in [0.4, 0.5) is 18.9 Å². The largest absolute Gasteiger partial charge is 0.416 e. The van der Waals surface area contributed by atoms with Gasteiger partial charge in [0.25, 0.3) is 0 Å². The van der Waals surface area contributed by atoms with Gasteiger partial charge in [0, 0.05) is 18.8 Å². The maximum absolute atomic E-state index is 12.7. The Labute approximate surface area is 146 Å². The smallest absolute Gasteiger partial charge is 0.392 e. The molecule has 0 heterocycles. The van der Waals surface area contributed by atoms with Gasteiger partial charge in [0.05, 0.1) is 11.7 Å². The molecule has 0 fully saturated rings. The van der Waals surface area contributed by atoms with E-state index < -0.39 is 17.8 Å². The molecule has 0 saturated heterocycles. The molecule has 2 rings (SSSR count). The lowest BCUT2D eigenvalue weighted by molar-refractivity contribution is -0.137. The number of anilines is 1. The Balaban J connectivity index is 2.15. The molecular formula is C20H24F3NO. The molecule has 25 heavy (non-hydrogen) atoms. The van der Waals surface area contributed by atoms with Crippen molar-refractivity contribution in [2.24, 2.45) is 0 Å². The lowest BCUT2D eigenvalue weighted by Crippen LogP contribution is -2.34. The fourth-order valence-corrected chi connectivity index (χ4v) is 2.80. The molecule has 2 unspecified atom stereocenters. The number of aliphatic hydroxyl groups is 1. The molecule has 0 aliphatic carbocycles. The number of halogens is 3. The van der Waals surface area contributed by atoms with Crippen LogP contribution in [0.1, 0.15) is 36.5 Å². The van der Waals surface area contributed by atoms with Crippen LogP contribution in [0.2, 0.25) is 0 Å². The molecule has 0 bridgehead atoms. The highest BCUT2D eigenvalue weighted by Crippen LogP contribution is 2.30. The third-order valence-corrected chi connectivity index (χ3v) is 4.19. The van der Waals surface area contributed by atoms with Gasteiger partial charge in [-0.3, -0.25) is 0 Å². The van der Waals surface area contributed by atoms with Gasteiger partial charge in [-0.2, -0.15) is 13.2 Å². The molecule has 2 atom stereocenters. The first-order valence-corrected chi connectivity index (χ1v) is 8.33. The number of hydrogen-bond donors (Lipinski definition) is 1. The van der Waals surface area contributed by atoms with E-state index in [-0.39, 0.29) is 5.92 Å². The molecule has 0 spiro atoms. The summed E-state index contributed by atoms with van der Waals surface area (Å²) in [6.45, 7) is 6.79. The van der Waals surface area contributed by atoms with Gasteiger partial charge in [0.2, 0.25) is 0 Å². The van der Waals surface area contributed by atoms with Gasteiger partial charge in [-0.05, 0) is 49.6 Å². The van der Waals surface area contributed by atoms with E-state index in [4.69, 9.17) is 0 Å². The molecule has 2 aromatic rings. The summed E-state index contributed by atoms with van der Waals surface area (Å²) in [6.07, 6.45) is -4.82. The van der Waals surface area contributed by atoms with Crippen molar-refractivity contribution in [1.82, 2.24) is 0 Å². The molecule has 0 aliphatic heterocycles. The summed E-state index contributed by atoms with van der Waals surface area (Å²) >= 11 is 0. The van der Waals surface area contributed by atoms with Gasteiger partial charge < -0.3 is 10.0 Å². The lowest BCUT2D eigenvalue weighted by atomic mass is 9.98. The molecule has 2 aromatic carbocycles. The second kappa shape index (κ2) is 7.91. The first-order valence-electron chi connectivity index (χ1n) is 8.33. The van der Waals surface area contributed by atoms with Crippen LogP contribution in [0, 0.1) is 6.92 Å². The number of benzene rings is 2. The number of nitrogens with zero attached hydrogens (tertiary/aromatic N) is 1. The minimum absolute atomic E-state index is 0.0299. The first kappa shape index (κ1) is 19.3. The van der Waals surface area contributed by atoms with Gasteiger partial charge >= 0.3 is 6.18 Å². The predicted octanol–water partition coefficient (Wildman–Crippen LogP) is 5.00. The SMILES string of the molecule is Cc1ccc(N(CC(C)O)CC(C)c2ccc(C(F)(F)F)cc2)cc1. The van der Waals surface area contributed by atoms with E-state index >= 15 is 0 Å². The van der Waals surface area contributed by atoms with Crippen LogP contribution in [0.25, 0.3) is 0 Å². The number of alkyl halides is 3. The Kier molecular flexibility index (Phi) is 6.11. The summed E-state index contributed by atoms with van der Waals surface area (Å²) in [7, 11) is 0. The molecule has 136 valence electrons. The summed E-state index contributed by atoms with van der Waals surface area (Å²) in [5.41, 5.74) is 2.35. The van der Waals surface area contributed by atoms with E-state index in [0.717, 1.165) is 28.9 Å². The van der Waals surface area contributed by atoms with E-state index in [2.05, 4.69) is 4.90 Å². The Morgan fingerprint density at radius 3 is 1.96 bits per heavy atom. The van der Waals surface area contributed by atoms with Crippen molar-refractivity contribution < 1.29 is 18.3 Å². The van der Waals surface area contributed by atoms with E-state index in [0.29, 0.717) is 13.1 Å². The number of aliphatic hydroxyl groups excluding tert-OH is 1. The van der Waals surface area contributed by atoms with Crippen molar-refractivity contribution in [3.63, 3.8) is 0 Å². The van der Waals surface area contributed by atoms with Crippen LogP contribution in [0.3, 0.4) is 0 Å². The third kappa shape index (κ3) is 5.49. The van der Waals surface area contributed by atoms with Crippen molar-refractivity contribution in [2.75, 3.05) is 18.0 Å². The molecule has 0 aliphatic rings. The van der Waals surface area contributed by atoms with Crippen LogP contribution < -0.4 is 4.90 Å². The van der Waals surface area contributed by atoms with E-state index in [1.807, 2.05) is 38.1 Å². The standard InChI is InChI=1S/C20H24F3NO/c1-14-4-10-19(11-5-14)24(13-16(3)25)12-15(2)17-6-8-18(9-7-17)20(21,22)23/h4-11,15-16,25H,12-13H2,1-3H3. The summed E-state index contributed by atoms with van der Waals surface area (Å²) < 4.78 is 38.1. The monoisotopic (exact) mass is 351 g/mol. The Bertz CT molecular complexity index is 663. The zero-order valence-electron chi connectivity index (χ0n) is 14.7. The third-order valence-electron chi connectivity index (χ3n) is 4.19. The fourth-order valence-electron chi connectivity index (χ4n) is 2.80. The van der Waals surface area contributed by atoms with Crippen molar-refractivity contribution in [1.29, 1.82) is 0 Å². The second-order valence-electron chi connectivity index (χ2n) is 6.61. The minimum Gasteiger partial charge on any atom is -0.392 e. The Morgan fingerprint density at radius 1 is 0.920 bits per heavy atom. The van der Waals surface area contributed by atoms with Crippen molar-refractivity contribution in [3.05, 3.63) is 65.2 Å². The number of aryl methyl sites for hydroxylation is 1. The van der Waals surface area contributed by atoms with Gasteiger partial charge in [-0.25, -0.2) is 0 Å². The predicted molar refractivity (Wildman–Crippen MR) is 94.9 cm³/mol. The average Bonchev–Trinajstić information content (AvgIpc) is 2.54. The molecular weight excluding hydrogens is 327 g/mol. The topological polar surface area (TPSA) is 23.5 Å². The Hall–Kier alpha value is -2.01. The maximum atomic E-state index is 12.7. The Morgan fingerprint density at radius 2 is 1.48 bits per heavy atom. The van der Waals surface area contributed by atoms with E-state index in [9.17, 15) is 18.3 Å². The summed E-state index contributed by atoms with van der Waals surface area (Å²) in [5, 5.41) is 9.78. The van der Waals surface area contributed by atoms with E-state index in [1.54, 1.807) is 6.92 Å². The molecule has 5 heteroatoms. The van der Waals surface area contributed by atoms with Crippen LogP contribution in [0.15, 0.2) is 48.5 Å². The molecule has 0 saturated carbocycles. The fraction of sp³-hybridized carbons (Fsp3) is 0.400. The second-order valence-corrected chi connectivity index (χ2v) is 6.61. The summed E-state index contributed by atoms with van der Waals surface area (Å²) in [4.78, 5) is 2.06. The zero-order chi connectivity index (χ0) is 18.6. The van der Waals surface area contributed by atoms with Gasteiger partial charge in [-0.15, -0.1) is 0 Å². The quantitative estimate of drug-likeness (QED) is 0.791. The number of hydrogen-bond acceptors (Lipinski definition) is 2. The summed E-state index contributed by atoms with van der Waals surface area (Å²) in [5.74, 6) is 0.0299. The normalized spacial score (nSPS) is 14.2. The average molecular weight is 351 g/mol. The van der Waals surface area contributed by atoms with Gasteiger partial charge in [0.15, 0.2) is 0 Å². The molecule has 0 aromatic heterocycles. The van der Waals surface area contributed by atoms with Crippen LogP contribution in [0.5, 0.6) is 0 Å². The molecule has 1 N–H and O–H groups in total. The van der Waals surface area contributed by atoms with E-state index in [1.165, 1.54) is 12.1 Å². The highest BCUT2D eigenvalue weighted by molar-refractivity contribution is 5.48. The van der Waals surface area contributed by atoms with Gasteiger partial charge in [-0.1, -0.05) is 36.8 Å². The van der Waals surface area contributed by atoms with Crippen molar-refractivity contribution >= 4 is 5.69 Å². The van der Waals surface area contributed by atoms with Crippen molar-refractivity contribution in [2.45, 2.75) is 39.0 Å². The minimum atomic E-state index is -4.32. The van der Waals surface area contributed by atoms with Crippen LogP contribution in [-0.4, -0.2) is 24.3 Å². The molecule has 2 nitrogen and oxygen atoms in total. The van der Waals surface area contributed by atoms with Crippen LogP contribution in [-0.2, 0) is 6.18 Å². The van der Waals surface area contributed by atoms with Gasteiger partial charge in [0.1, 0.15) is 0 Å². The molecule has 0 amide bonds. The molecule has 0 radical (unpaired) electrons. The highest BCUT2D eigenvalue weighted by Gasteiger charge is 2.30. The number of rotatable bonds is 6. The maximum Gasteiger partial charge on any atom is 0.416 e. The summed E-state index contributed by atoms with van der Waals surface area (Å²) in [6, 6.07) is 13.3. The lowest BCUT2D eigenvalue weighted by Gasteiger charge is -2.29. The van der Waals surface area contributed by atoms with Crippen LogP contribution >= 0.6 is 0 Å². The zero-order valence-corrected chi connectivity index (χ0v) is 14.7.